The van der Waals surface area contributed by atoms with Gasteiger partial charge in [-0.05, 0) is 31.5 Å². The monoisotopic (exact) mass is 478 g/mol. The second kappa shape index (κ2) is 9.67. The van der Waals surface area contributed by atoms with Crippen molar-refractivity contribution in [3.8, 4) is 10.6 Å². The van der Waals surface area contributed by atoms with Crippen LogP contribution in [0.3, 0.4) is 0 Å². The Hall–Kier alpha value is -3.67. The van der Waals surface area contributed by atoms with E-state index >= 15 is 0 Å². The largest absolute Gasteiger partial charge is 0.386 e. The zero-order valence-electron chi connectivity index (χ0n) is 19.1. The lowest BCUT2D eigenvalue weighted by Gasteiger charge is -2.17. The van der Waals surface area contributed by atoms with E-state index in [1.54, 1.807) is 31.8 Å². The molecule has 0 fully saturated rings. The van der Waals surface area contributed by atoms with E-state index in [4.69, 9.17) is 5.73 Å². The fraction of sp³-hybridized carbons (Fsp3) is 0.261. The highest BCUT2D eigenvalue weighted by Crippen LogP contribution is 2.34. The predicted molar refractivity (Wildman–Crippen MR) is 131 cm³/mol. The standard InChI is InChI=1S/C23H26N8O2S/c1-23(2,33)15-9-7-14(8-10-15)21-27-17(11-24)22(34-21)28-19-6-4-5-16(26-19)12-31-13-18(29-30-31)20(32)25-3/h4-10,13,33H,11-12,24H2,1-3H3,(H,25,32)(H,26,28). The van der Waals surface area contributed by atoms with Gasteiger partial charge in [0.15, 0.2) is 5.69 Å². The molecule has 3 heterocycles. The first-order valence-corrected chi connectivity index (χ1v) is 11.5. The molecule has 11 heteroatoms. The molecule has 0 saturated carbocycles. The normalized spacial score (nSPS) is 11.4. The van der Waals surface area contributed by atoms with Crippen LogP contribution in [0, 0.1) is 0 Å². The van der Waals surface area contributed by atoms with Crippen molar-refractivity contribution in [2.75, 3.05) is 12.4 Å². The molecule has 0 saturated heterocycles. The predicted octanol–water partition coefficient (Wildman–Crippen LogP) is 2.63. The molecule has 0 atom stereocenters. The summed E-state index contributed by atoms with van der Waals surface area (Å²) < 4.78 is 1.56. The Balaban J connectivity index is 1.52. The molecule has 0 aliphatic heterocycles. The zero-order valence-corrected chi connectivity index (χ0v) is 19.9. The van der Waals surface area contributed by atoms with E-state index in [1.165, 1.54) is 11.3 Å². The summed E-state index contributed by atoms with van der Waals surface area (Å²) in [6.45, 7) is 4.15. The second-order valence-electron chi connectivity index (χ2n) is 8.15. The maximum atomic E-state index is 11.7. The summed E-state index contributed by atoms with van der Waals surface area (Å²) in [6, 6.07) is 13.3. The van der Waals surface area contributed by atoms with Gasteiger partial charge in [-0.25, -0.2) is 14.6 Å². The van der Waals surface area contributed by atoms with Crippen LogP contribution in [0.2, 0.25) is 0 Å². The smallest absolute Gasteiger partial charge is 0.273 e. The number of nitrogens with one attached hydrogen (secondary N) is 2. The number of nitrogens with zero attached hydrogens (tertiary/aromatic N) is 5. The Labute approximate surface area is 200 Å². The van der Waals surface area contributed by atoms with Gasteiger partial charge < -0.3 is 21.5 Å². The minimum Gasteiger partial charge on any atom is -0.386 e. The van der Waals surface area contributed by atoms with Gasteiger partial charge in [0.05, 0.1) is 29.7 Å². The quantitative estimate of drug-likeness (QED) is 0.303. The van der Waals surface area contributed by atoms with Gasteiger partial charge in [-0.15, -0.1) is 5.10 Å². The van der Waals surface area contributed by atoms with Crippen molar-refractivity contribution in [1.82, 2.24) is 30.3 Å². The van der Waals surface area contributed by atoms with E-state index in [2.05, 4.69) is 30.9 Å². The number of carbonyl (C=O) groups excluding carboxylic acids is 1. The van der Waals surface area contributed by atoms with Gasteiger partial charge in [0, 0.05) is 19.2 Å². The van der Waals surface area contributed by atoms with E-state index in [-0.39, 0.29) is 18.1 Å². The van der Waals surface area contributed by atoms with Crippen LogP contribution in [0.4, 0.5) is 10.8 Å². The average Bonchev–Trinajstić information content (AvgIpc) is 3.45. The van der Waals surface area contributed by atoms with E-state index in [0.29, 0.717) is 12.4 Å². The van der Waals surface area contributed by atoms with E-state index < -0.39 is 5.60 Å². The van der Waals surface area contributed by atoms with Crippen molar-refractivity contribution in [2.45, 2.75) is 32.5 Å². The Bertz CT molecular complexity index is 1290. The van der Waals surface area contributed by atoms with Crippen LogP contribution in [0.5, 0.6) is 0 Å². The molecule has 5 N–H and O–H groups in total. The van der Waals surface area contributed by atoms with Crippen molar-refractivity contribution in [3.05, 3.63) is 71.3 Å². The summed E-state index contributed by atoms with van der Waals surface area (Å²) in [6.07, 6.45) is 1.58. The topological polar surface area (TPSA) is 144 Å². The summed E-state index contributed by atoms with van der Waals surface area (Å²) in [5.41, 5.74) is 8.56. The number of hydrogen-bond acceptors (Lipinski definition) is 9. The lowest BCUT2D eigenvalue weighted by Crippen LogP contribution is -2.18. The highest BCUT2D eigenvalue weighted by Gasteiger charge is 2.17. The third-order valence-electron chi connectivity index (χ3n) is 5.10. The van der Waals surface area contributed by atoms with Crippen LogP contribution in [0.25, 0.3) is 10.6 Å². The Kier molecular flexibility index (Phi) is 6.68. The van der Waals surface area contributed by atoms with Gasteiger partial charge in [0.25, 0.3) is 5.91 Å². The molecule has 3 aromatic heterocycles. The van der Waals surface area contributed by atoms with Gasteiger partial charge in [-0.3, -0.25) is 4.79 Å². The molecule has 0 aliphatic carbocycles. The summed E-state index contributed by atoms with van der Waals surface area (Å²) in [5, 5.41) is 25.5. The first kappa shape index (κ1) is 23.5. The van der Waals surface area contributed by atoms with Crippen LogP contribution in [-0.4, -0.2) is 43.0 Å². The maximum absolute atomic E-state index is 11.7. The molecule has 0 unspecified atom stereocenters. The summed E-state index contributed by atoms with van der Waals surface area (Å²) in [5.74, 6) is 0.353. The number of nitrogens with two attached hydrogens (primary N) is 1. The van der Waals surface area contributed by atoms with Crippen LogP contribution in [0.15, 0.2) is 48.7 Å². The molecular formula is C23H26N8O2S. The molecule has 0 aliphatic rings. The number of hydrogen-bond donors (Lipinski definition) is 4. The fourth-order valence-electron chi connectivity index (χ4n) is 3.26. The van der Waals surface area contributed by atoms with Crippen molar-refractivity contribution in [2.24, 2.45) is 5.73 Å². The highest BCUT2D eigenvalue weighted by molar-refractivity contribution is 7.19. The van der Waals surface area contributed by atoms with Crippen molar-refractivity contribution >= 4 is 28.1 Å². The zero-order chi connectivity index (χ0) is 24.3. The first-order valence-electron chi connectivity index (χ1n) is 10.6. The number of aromatic nitrogens is 5. The third kappa shape index (κ3) is 5.28. The number of rotatable bonds is 8. The van der Waals surface area contributed by atoms with Crippen LogP contribution >= 0.6 is 11.3 Å². The summed E-state index contributed by atoms with van der Waals surface area (Å²) >= 11 is 1.49. The number of benzene rings is 1. The van der Waals surface area contributed by atoms with Crippen LogP contribution in [0.1, 0.15) is 41.3 Å². The molecule has 0 radical (unpaired) electrons. The minimum atomic E-state index is -0.899. The molecule has 4 rings (SSSR count). The van der Waals surface area contributed by atoms with E-state index in [0.717, 1.165) is 32.5 Å². The average molecular weight is 479 g/mol. The van der Waals surface area contributed by atoms with Gasteiger partial charge in [-0.2, -0.15) is 0 Å². The van der Waals surface area contributed by atoms with Gasteiger partial charge >= 0.3 is 0 Å². The Morgan fingerprint density at radius 3 is 2.62 bits per heavy atom. The molecule has 0 spiro atoms. The fourth-order valence-corrected chi connectivity index (χ4v) is 4.26. The first-order chi connectivity index (χ1) is 16.3. The third-order valence-corrected chi connectivity index (χ3v) is 6.16. The maximum Gasteiger partial charge on any atom is 0.273 e. The van der Waals surface area contributed by atoms with Crippen LogP contribution in [-0.2, 0) is 18.7 Å². The van der Waals surface area contributed by atoms with E-state index in [9.17, 15) is 9.90 Å². The summed E-state index contributed by atoms with van der Waals surface area (Å²) in [4.78, 5) is 21.0. The molecule has 34 heavy (non-hydrogen) atoms. The second-order valence-corrected chi connectivity index (χ2v) is 9.15. The van der Waals surface area contributed by atoms with Gasteiger partial charge in [0.1, 0.15) is 15.8 Å². The summed E-state index contributed by atoms with van der Waals surface area (Å²) in [7, 11) is 1.54. The molecular weight excluding hydrogens is 452 g/mol. The molecule has 10 nitrogen and oxygen atoms in total. The number of thiazole rings is 1. The molecule has 0 bridgehead atoms. The van der Waals surface area contributed by atoms with Crippen LogP contribution < -0.4 is 16.4 Å². The van der Waals surface area contributed by atoms with Gasteiger partial charge in [0.2, 0.25) is 0 Å². The number of pyridine rings is 1. The highest BCUT2D eigenvalue weighted by atomic mass is 32.1. The van der Waals surface area contributed by atoms with Crippen molar-refractivity contribution in [3.63, 3.8) is 0 Å². The molecule has 1 amide bonds. The number of amides is 1. The van der Waals surface area contributed by atoms with Crippen molar-refractivity contribution < 1.29 is 9.90 Å². The van der Waals surface area contributed by atoms with Crippen molar-refractivity contribution in [1.29, 1.82) is 0 Å². The SMILES string of the molecule is CNC(=O)c1cn(Cc2cccc(Nc3sc(-c4ccc(C(C)(C)O)cc4)nc3CN)n2)nn1. The molecule has 176 valence electrons. The van der Waals surface area contributed by atoms with Gasteiger partial charge in [-0.1, -0.05) is 46.9 Å². The Morgan fingerprint density at radius 1 is 1.18 bits per heavy atom. The minimum absolute atomic E-state index is 0.247. The molecule has 1 aromatic carbocycles. The number of aliphatic hydroxyl groups is 1. The van der Waals surface area contributed by atoms with E-state index in [1.807, 2.05) is 42.5 Å². The number of anilines is 2. The number of carbonyl (C=O) groups is 1. The Morgan fingerprint density at radius 2 is 1.94 bits per heavy atom. The molecule has 4 aromatic rings. The lowest BCUT2D eigenvalue weighted by molar-refractivity contribution is 0.0786. The lowest BCUT2D eigenvalue weighted by atomic mass is 9.97.